The number of allylic oxidation sites excluding steroid dienone is 1. The fourth-order valence-corrected chi connectivity index (χ4v) is 4.91. The second kappa shape index (κ2) is 7.94. The third-order valence-corrected chi connectivity index (χ3v) is 6.40. The molecule has 2 aromatic heterocycles. The maximum atomic E-state index is 12.4. The number of hydrogen-bond donors (Lipinski definition) is 0. The van der Waals surface area contributed by atoms with Crippen LogP contribution < -0.4 is 4.80 Å². The monoisotopic (exact) mass is 421 g/mol. The van der Waals surface area contributed by atoms with Crippen LogP contribution in [-0.2, 0) is 11.3 Å². The summed E-state index contributed by atoms with van der Waals surface area (Å²) in [5.41, 5.74) is 0.998. The summed E-state index contributed by atoms with van der Waals surface area (Å²) in [5, 5.41) is 13.0. The highest BCUT2D eigenvalue weighted by Gasteiger charge is 2.10. The van der Waals surface area contributed by atoms with Gasteiger partial charge in [0.25, 0.3) is 5.91 Å². The average Bonchev–Trinajstić information content (AvgIpc) is 3.32. The fourth-order valence-electron chi connectivity index (χ4n) is 3.00. The Morgan fingerprint density at radius 2 is 2.00 bits per heavy atom. The number of aromatic nitrogens is 1. The van der Waals surface area contributed by atoms with Crippen molar-refractivity contribution < 1.29 is 9.72 Å². The van der Waals surface area contributed by atoms with Crippen molar-refractivity contribution in [2.75, 3.05) is 0 Å². The van der Waals surface area contributed by atoms with Crippen LogP contribution in [0.4, 0.5) is 5.00 Å². The molecule has 0 atom stereocenters. The van der Waals surface area contributed by atoms with Crippen molar-refractivity contribution >= 4 is 60.6 Å². The van der Waals surface area contributed by atoms with E-state index in [1.807, 2.05) is 22.8 Å². The van der Waals surface area contributed by atoms with E-state index in [9.17, 15) is 14.9 Å². The minimum atomic E-state index is -0.450. The molecule has 6 nitrogen and oxygen atoms in total. The third kappa shape index (κ3) is 3.80. The molecule has 0 bridgehead atoms. The van der Waals surface area contributed by atoms with Crippen LogP contribution >= 0.6 is 22.7 Å². The van der Waals surface area contributed by atoms with E-state index in [1.165, 1.54) is 23.5 Å². The van der Waals surface area contributed by atoms with Gasteiger partial charge in [-0.15, -0.1) is 6.58 Å². The third-order valence-electron chi connectivity index (χ3n) is 4.27. The van der Waals surface area contributed by atoms with Gasteiger partial charge >= 0.3 is 5.00 Å². The largest absolute Gasteiger partial charge is 0.324 e. The van der Waals surface area contributed by atoms with E-state index in [4.69, 9.17) is 0 Å². The fraction of sp³-hybridized carbons (Fsp3) is 0.0476. The normalized spacial score (nSPS) is 12.2. The Hall–Kier alpha value is -3.36. The van der Waals surface area contributed by atoms with Gasteiger partial charge in [-0.05, 0) is 23.6 Å². The molecule has 0 fully saturated rings. The molecule has 0 aliphatic carbocycles. The number of thiazole rings is 1. The van der Waals surface area contributed by atoms with Crippen LogP contribution in [0.3, 0.4) is 0 Å². The SMILES string of the molecule is C=CCn1c(=NC(=O)/C=C/c2ccc([N+](=O)[O-])s2)sc2c3ccccc3ccc21. The summed E-state index contributed by atoms with van der Waals surface area (Å²) >= 11 is 2.47. The van der Waals surface area contributed by atoms with Crippen molar-refractivity contribution in [2.45, 2.75) is 6.54 Å². The number of fused-ring (bicyclic) bond motifs is 3. The van der Waals surface area contributed by atoms with Crippen LogP contribution in [0.5, 0.6) is 0 Å². The molecule has 144 valence electrons. The number of nitrogens with zero attached hydrogens (tertiary/aromatic N) is 3. The second-order valence-corrected chi connectivity index (χ2v) is 8.21. The molecule has 0 saturated carbocycles. The predicted molar refractivity (Wildman–Crippen MR) is 118 cm³/mol. The van der Waals surface area contributed by atoms with Gasteiger partial charge in [0, 0.05) is 29.0 Å². The van der Waals surface area contributed by atoms with Gasteiger partial charge in [-0.1, -0.05) is 59.1 Å². The molecule has 1 amide bonds. The van der Waals surface area contributed by atoms with Crippen LogP contribution in [0.25, 0.3) is 27.1 Å². The first-order chi connectivity index (χ1) is 14.1. The van der Waals surface area contributed by atoms with E-state index >= 15 is 0 Å². The Bertz CT molecular complexity index is 1360. The molecule has 0 spiro atoms. The molecule has 0 N–H and O–H groups in total. The first-order valence-electron chi connectivity index (χ1n) is 8.70. The minimum Gasteiger partial charge on any atom is -0.312 e. The van der Waals surface area contributed by atoms with Gasteiger partial charge in [0.05, 0.1) is 15.1 Å². The van der Waals surface area contributed by atoms with Crippen molar-refractivity contribution in [3.8, 4) is 0 Å². The molecule has 2 aromatic carbocycles. The van der Waals surface area contributed by atoms with Gasteiger partial charge in [-0.3, -0.25) is 14.9 Å². The molecular weight excluding hydrogens is 406 g/mol. The Balaban J connectivity index is 1.75. The summed E-state index contributed by atoms with van der Waals surface area (Å²) in [6, 6.07) is 15.2. The molecule has 4 rings (SSSR count). The van der Waals surface area contributed by atoms with Crippen molar-refractivity contribution in [2.24, 2.45) is 4.99 Å². The lowest BCUT2D eigenvalue weighted by Crippen LogP contribution is -2.15. The molecule has 0 radical (unpaired) electrons. The van der Waals surface area contributed by atoms with Crippen LogP contribution in [0, 0.1) is 10.1 Å². The number of amides is 1. The molecule has 0 aliphatic heterocycles. The molecule has 0 saturated heterocycles. The molecule has 4 aromatic rings. The average molecular weight is 422 g/mol. The highest BCUT2D eigenvalue weighted by molar-refractivity contribution is 7.17. The lowest BCUT2D eigenvalue weighted by atomic mass is 10.1. The Kier molecular flexibility index (Phi) is 5.20. The molecular formula is C21H15N3O3S2. The van der Waals surface area contributed by atoms with E-state index in [2.05, 4.69) is 29.8 Å². The standard InChI is InChI=1S/C21H15N3O3S2/c1-2-13-23-17-10-7-14-5-3-4-6-16(14)20(17)29-21(23)22-18(25)11-8-15-9-12-19(28-15)24(26)27/h2-12H,1,13H2/b11-8+,22-21?. The van der Waals surface area contributed by atoms with Gasteiger partial charge in [-0.25, -0.2) is 0 Å². The van der Waals surface area contributed by atoms with Crippen LogP contribution in [0.1, 0.15) is 4.88 Å². The molecule has 2 heterocycles. The van der Waals surface area contributed by atoms with Crippen LogP contribution in [0.15, 0.2) is 72.3 Å². The highest BCUT2D eigenvalue weighted by Crippen LogP contribution is 2.28. The summed E-state index contributed by atoms with van der Waals surface area (Å²) in [6.45, 7) is 4.34. The van der Waals surface area contributed by atoms with Gasteiger partial charge in [0.1, 0.15) is 0 Å². The number of benzene rings is 2. The highest BCUT2D eigenvalue weighted by atomic mass is 32.1. The zero-order valence-corrected chi connectivity index (χ0v) is 16.8. The zero-order chi connectivity index (χ0) is 20.4. The van der Waals surface area contributed by atoms with Crippen LogP contribution in [-0.4, -0.2) is 15.4 Å². The zero-order valence-electron chi connectivity index (χ0n) is 15.1. The van der Waals surface area contributed by atoms with Crippen molar-refractivity contribution in [3.05, 3.63) is 87.1 Å². The molecule has 8 heteroatoms. The summed E-state index contributed by atoms with van der Waals surface area (Å²) < 4.78 is 3.02. The summed E-state index contributed by atoms with van der Waals surface area (Å²) in [7, 11) is 0. The Labute approximate surface area is 173 Å². The molecule has 0 aliphatic rings. The number of carbonyl (C=O) groups excluding carboxylic acids is 1. The topological polar surface area (TPSA) is 77.5 Å². The first-order valence-corrected chi connectivity index (χ1v) is 10.3. The van der Waals surface area contributed by atoms with Gasteiger partial charge in [0.2, 0.25) is 0 Å². The molecule has 29 heavy (non-hydrogen) atoms. The summed E-state index contributed by atoms with van der Waals surface area (Å²) in [6.07, 6.45) is 4.64. The number of rotatable bonds is 5. The van der Waals surface area contributed by atoms with E-state index < -0.39 is 10.8 Å². The first kappa shape index (κ1) is 19.0. The predicted octanol–water partition coefficient (Wildman–Crippen LogP) is 5.15. The molecule has 0 unspecified atom stereocenters. The minimum absolute atomic E-state index is 0.0363. The number of carbonyl (C=O) groups is 1. The number of nitro groups is 1. The maximum absolute atomic E-state index is 12.4. The van der Waals surface area contributed by atoms with E-state index in [1.54, 1.807) is 18.2 Å². The summed E-state index contributed by atoms with van der Waals surface area (Å²) in [4.78, 5) is 28.2. The van der Waals surface area contributed by atoms with Gasteiger partial charge in [0.15, 0.2) is 4.80 Å². The van der Waals surface area contributed by atoms with E-state index in [0.717, 1.165) is 32.3 Å². The lowest BCUT2D eigenvalue weighted by molar-refractivity contribution is -0.380. The number of hydrogen-bond acceptors (Lipinski definition) is 5. The number of thiophene rings is 1. The second-order valence-electron chi connectivity index (χ2n) is 6.14. The Morgan fingerprint density at radius 3 is 2.76 bits per heavy atom. The van der Waals surface area contributed by atoms with E-state index in [-0.39, 0.29) is 5.00 Å². The van der Waals surface area contributed by atoms with Crippen molar-refractivity contribution in [1.82, 2.24) is 4.57 Å². The van der Waals surface area contributed by atoms with Crippen LogP contribution in [0.2, 0.25) is 0 Å². The Morgan fingerprint density at radius 1 is 1.17 bits per heavy atom. The summed E-state index contributed by atoms with van der Waals surface area (Å²) in [5.74, 6) is -0.422. The quantitative estimate of drug-likeness (QED) is 0.193. The van der Waals surface area contributed by atoms with Gasteiger partial charge < -0.3 is 4.57 Å². The lowest BCUT2D eigenvalue weighted by Gasteiger charge is -2.02. The maximum Gasteiger partial charge on any atom is 0.324 e. The van der Waals surface area contributed by atoms with Crippen molar-refractivity contribution in [3.63, 3.8) is 0 Å². The van der Waals surface area contributed by atoms with Crippen molar-refractivity contribution in [1.29, 1.82) is 0 Å². The van der Waals surface area contributed by atoms with E-state index in [0.29, 0.717) is 16.2 Å². The smallest absolute Gasteiger partial charge is 0.312 e. The van der Waals surface area contributed by atoms with Gasteiger partial charge in [-0.2, -0.15) is 4.99 Å².